The highest BCUT2D eigenvalue weighted by Crippen LogP contribution is 2.32. The molecular weight excluding hydrogens is 306 g/mol. The highest BCUT2D eigenvalue weighted by molar-refractivity contribution is 5.86. The third kappa shape index (κ3) is 2.77. The fourth-order valence-electron chi connectivity index (χ4n) is 3.11. The van der Waals surface area contributed by atoms with E-state index in [0.29, 0.717) is 23.1 Å². The third-order valence-corrected chi connectivity index (χ3v) is 4.20. The van der Waals surface area contributed by atoms with Crippen molar-refractivity contribution in [2.45, 2.75) is 37.9 Å². The van der Waals surface area contributed by atoms with E-state index in [9.17, 15) is 15.0 Å². The van der Waals surface area contributed by atoms with Crippen molar-refractivity contribution in [3.63, 3.8) is 0 Å². The van der Waals surface area contributed by atoms with Crippen LogP contribution in [0.3, 0.4) is 0 Å². The summed E-state index contributed by atoms with van der Waals surface area (Å²) in [6, 6.07) is 5.18. The number of hydrogen-bond acceptors (Lipinski definition) is 5. The number of rotatable bonds is 3. The number of benzene rings is 1. The molecule has 4 N–H and O–H groups in total. The van der Waals surface area contributed by atoms with Crippen LogP contribution in [0.5, 0.6) is 0 Å². The van der Waals surface area contributed by atoms with E-state index in [-0.39, 0.29) is 24.6 Å². The van der Waals surface area contributed by atoms with E-state index in [2.05, 4.69) is 0 Å². The van der Waals surface area contributed by atoms with Gasteiger partial charge in [0.15, 0.2) is 0 Å². The molecule has 3 rings (SSSR count). The molecule has 1 aromatic heterocycles. The molecule has 6 heteroatoms. The van der Waals surface area contributed by atoms with Gasteiger partial charge in [0.2, 0.25) is 0 Å². The van der Waals surface area contributed by atoms with Gasteiger partial charge in [-0.25, -0.2) is 4.79 Å². The molecule has 0 saturated carbocycles. The molecule has 0 amide bonds. The minimum absolute atomic E-state index is 0. The summed E-state index contributed by atoms with van der Waals surface area (Å²) in [5.74, 6) is 0. The van der Waals surface area contributed by atoms with Crippen LogP contribution in [-0.2, 0) is 12.8 Å². The quantitative estimate of drug-likeness (QED) is 0.742. The van der Waals surface area contributed by atoms with Gasteiger partial charge in [-0.1, -0.05) is 12.1 Å². The predicted molar refractivity (Wildman–Crippen MR) is 86.4 cm³/mol. The van der Waals surface area contributed by atoms with E-state index in [4.69, 9.17) is 10.2 Å². The lowest BCUT2D eigenvalue weighted by Gasteiger charge is -2.22. The van der Waals surface area contributed by atoms with Crippen LogP contribution in [-0.4, -0.2) is 22.9 Å². The Labute approximate surface area is 134 Å². The zero-order valence-corrected chi connectivity index (χ0v) is 12.9. The summed E-state index contributed by atoms with van der Waals surface area (Å²) in [5.41, 5.74) is 7.83. The largest absolute Gasteiger partial charge is 0.422 e. The van der Waals surface area contributed by atoms with E-state index in [1.807, 2.05) is 0 Å². The van der Waals surface area contributed by atoms with Crippen molar-refractivity contribution in [2.24, 2.45) is 5.73 Å². The van der Waals surface area contributed by atoms with Gasteiger partial charge in [0.25, 0.3) is 0 Å². The number of hydrogen-bond donors (Lipinski definition) is 3. The average molecular weight is 326 g/mol. The zero-order valence-electron chi connectivity index (χ0n) is 12.1. The molecule has 2 aromatic rings. The normalized spacial score (nSPS) is 16.7. The molecule has 22 heavy (non-hydrogen) atoms. The van der Waals surface area contributed by atoms with E-state index in [1.165, 1.54) is 0 Å². The monoisotopic (exact) mass is 325 g/mol. The lowest BCUT2D eigenvalue weighted by atomic mass is 9.87. The molecule has 2 atom stereocenters. The molecule has 0 aliphatic heterocycles. The molecule has 0 saturated heterocycles. The Bertz CT molecular complexity index is 728. The summed E-state index contributed by atoms with van der Waals surface area (Å²) < 4.78 is 5.38. The maximum Gasteiger partial charge on any atom is 0.339 e. The maximum atomic E-state index is 12.1. The van der Waals surface area contributed by atoms with Gasteiger partial charge in [-0.15, -0.1) is 12.4 Å². The van der Waals surface area contributed by atoms with Crippen molar-refractivity contribution in [3.05, 3.63) is 45.3 Å². The van der Waals surface area contributed by atoms with Crippen LogP contribution < -0.4 is 11.4 Å². The first-order chi connectivity index (χ1) is 10.1. The van der Waals surface area contributed by atoms with Gasteiger partial charge in [0, 0.05) is 17.5 Å². The van der Waals surface area contributed by atoms with Gasteiger partial charge in [-0.2, -0.15) is 0 Å². The number of aliphatic hydroxyl groups is 2. The second-order valence-corrected chi connectivity index (χ2v) is 5.52. The number of halogens is 1. The molecule has 1 aromatic carbocycles. The summed E-state index contributed by atoms with van der Waals surface area (Å²) in [6.07, 6.45) is 1.35. The van der Waals surface area contributed by atoms with Crippen molar-refractivity contribution in [3.8, 4) is 0 Å². The smallest absolute Gasteiger partial charge is 0.339 e. The third-order valence-electron chi connectivity index (χ3n) is 4.20. The van der Waals surface area contributed by atoms with Crippen molar-refractivity contribution in [1.29, 1.82) is 0 Å². The van der Waals surface area contributed by atoms with E-state index in [1.54, 1.807) is 18.2 Å². The molecular formula is C16H20ClNO4. The molecule has 0 fully saturated rings. The van der Waals surface area contributed by atoms with Crippen LogP contribution in [0.25, 0.3) is 11.0 Å². The first-order valence-electron chi connectivity index (χ1n) is 7.27. The van der Waals surface area contributed by atoms with Crippen LogP contribution in [0.4, 0.5) is 0 Å². The Morgan fingerprint density at radius 2 is 1.86 bits per heavy atom. The van der Waals surface area contributed by atoms with Crippen molar-refractivity contribution in [1.82, 2.24) is 0 Å². The van der Waals surface area contributed by atoms with Crippen LogP contribution in [0.15, 0.2) is 27.4 Å². The summed E-state index contributed by atoms with van der Waals surface area (Å²) in [7, 11) is 0. The molecule has 120 valence electrons. The fraction of sp³-hybridized carbons (Fsp3) is 0.438. The summed E-state index contributed by atoms with van der Waals surface area (Å²) in [6.45, 7) is -0.0312. The second-order valence-electron chi connectivity index (χ2n) is 5.52. The number of fused-ring (bicyclic) bond motifs is 3. The van der Waals surface area contributed by atoms with Crippen molar-refractivity contribution < 1.29 is 14.6 Å². The molecule has 1 heterocycles. The first kappa shape index (κ1) is 17.0. The summed E-state index contributed by atoms with van der Waals surface area (Å²) in [5, 5.41) is 20.9. The Hall–Kier alpha value is -1.40. The minimum Gasteiger partial charge on any atom is -0.422 e. The Kier molecular flexibility index (Phi) is 5.24. The standard InChI is InChI=1S/C16H19NO4.ClH/c17-8-12(18)15(19)11-6-3-7-13-14(11)9-4-1-2-5-10(9)16(20)21-13;/h3,6-7,12,15,18-19H,1-2,4-5,8,17H2;1H. The van der Waals surface area contributed by atoms with Crippen LogP contribution >= 0.6 is 12.4 Å². The van der Waals surface area contributed by atoms with Crippen molar-refractivity contribution >= 4 is 23.4 Å². The number of aryl methyl sites for hydroxylation is 1. The first-order valence-corrected chi connectivity index (χ1v) is 7.27. The van der Waals surface area contributed by atoms with Crippen LogP contribution in [0, 0.1) is 0 Å². The number of aliphatic hydroxyl groups excluding tert-OH is 2. The van der Waals surface area contributed by atoms with E-state index < -0.39 is 12.2 Å². The highest BCUT2D eigenvalue weighted by atomic mass is 35.5. The van der Waals surface area contributed by atoms with Gasteiger partial charge in [0.1, 0.15) is 11.7 Å². The van der Waals surface area contributed by atoms with Crippen LogP contribution in [0.2, 0.25) is 0 Å². The molecule has 5 nitrogen and oxygen atoms in total. The molecule has 1 aliphatic rings. The number of nitrogens with two attached hydrogens (primary N) is 1. The van der Waals surface area contributed by atoms with E-state index >= 15 is 0 Å². The van der Waals surface area contributed by atoms with Crippen molar-refractivity contribution in [2.75, 3.05) is 6.54 Å². The molecule has 0 spiro atoms. The summed E-state index contributed by atoms with van der Waals surface area (Å²) >= 11 is 0. The second kappa shape index (κ2) is 6.79. The summed E-state index contributed by atoms with van der Waals surface area (Å²) in [4.78, 5) is 12.1. The SMILES string of the molecule is Cl.NCC(O)C(O)c1cccc2oc(=O)c3c(c12)CCCC3. The minimum atomic E-state index is -1.09. The average Bonchev–Trinajstić information content (AvgIpc) is 2.53. The predicted octanol–water partition coefficient (Wildman–Crippen LogP) is 1.45. The van der Waals surface area contributed by atoms with Crippen LogP contribution in [0.1, 0.15) is 35.6 Å². The van der Waals surface area contributed by atoms with Gasteiger partial charge < -0.3 is 20.4 Å². The lowest BCUT2D eigenvalue weighted by molar-refractivity contribution is 0.0252. The van der Waals surface area contributed by atoms with Gasteiger partial charge in [-0.3, -0.25) is 0 Å². The zero-order chi connectivity index (χ0) is 15.0. The lowest BCUT2D eigenvalue weighted by Crippen LogP contribution is -2.27. The Morgan fingerprint density at radius 1 is 1.18 bits per heavy atom. The maximum absolute atomic E-state index is 12.1. The molecule has 0 radical (unpaired) electrons. The van der Waals surface area contributed by atoms with E-state index in [0.717, 1.165) is 30.2 Å². The topological polar surface area (TPSA) is 96.7 Å². The Morgan fingerprint density at radius 3 is 2.55 bits per heavy atom. The molecule has 1 aliphatic carbocycles. The highest BCUT2D eigenvalue weighted by Gasteiger charge is 2.24. The van der Waals surface area contributed by atoms with Gasteiger partial charge in [0.05, 0.1) is 6.10 Å². The van der Waals surface area contributed by atoms with Gasteiger partial charge >= 0.3 is 5.63 Å². The van der Waals surface area contributed by atoms with Gasteiger partial charge in [-0.05, 0) is 42.9 Å². The molecule has 2 unspecified atom stereocenters. The molecule has 0 bridgehead atoms. The Balaban J connectivity index is 0.00000176. The fourth-order valence-corrected chi connectivity index (χ4v) is 3.11.